The number of carboxylic acids is 1. The van der Waals surface area contributed by atoms with Crippen LogP contribution in [0.15, 0.2) is 77.3 Å². The Labute approximate surface area is 233 Å². The van der Waals surface area contributed by atoms with Crippen molar-refractivity contribution in [1.29, 1.82) is 0 Å². The maximum absolute atomic E-state index is 12.2. The smallest absolute Gasteiger partial charge is 0.327 e. The van der Waals surface area contributed by atoms with E-state index in [1.807, 2.05) is 48.5 Å². The predicted molar refractivity (Wildman–Crippen MR) is 152 cm³/mol. The van der Waals surface area contributed by atoms with Crippen LogP contribution in [-0.2, 0) is 27.3 Å². The highest BCUT2D eigenvalue weighted by Crippen LogP contribution is 2.27. The number of aliphatic carboxylic acids is 1. The molecule has 3 aromatic carbocycles. The third-order valence-electron chi connectivity index (χ3n) is 6.06. The summed E-state index contributed by atoms with van der Waals surface area (Å²) < 4.78 is 29.2. The first-order valence-electron chi connectivity index (χ1n) is 12.2. The average Bonchev–Trinajstić information content (AvgIpc) is 2.91. The zero-order chi connectivity index (χ0) is 27.5. The van der Waals surface area contributed by atoms with Crippen molar-refractivity contribution in [2.45, 2.75) is 38.1 Å². The Morgan fingerprint density at radius 1 is 0.974 bits per heavy atom. The van der Waals surface area contributed by atoms with Crippen molar-refractivity contribution in [2.75, 3.05) is 18.0 Å². The molecule has 0 aromatic heterocycles. The van der Waals surface area contributed by atoms with E-state index < -0.39 is 23.3 Å². The molecule has 38 heavy (non-hydrogen) atoms. The number of halogens is 1. The first-order valence-corrected chi connectivity index (χ1v) is 14.0. The van der Waals surface area contributed by atoms with Crippen LogP contribution in [0.5, 0.6) is 5.75 Å². The van der Waals surface area contributed by atoms with Crippen molar-refractivity contribution in [3.63, 3.8) is 0 Å². The number of unbranched alkanes of at least 4 members (excludes halogenated alkanes) is 1. The number of rotatable bonds is 14. The molecule has 8 nitrogen and oxygen atoms in total. The Morgan fingerprint density at radius 3 is 2.13 bits per heavy atom. The van der Waals surface area contributed by atoms with Gasteiger partial charge in [0, 0.05) is 17.4 Å². The van der Waals surface area contributed by atoms with Gasteiger partial charge in [0.15, 0.2) is 0 Å². The Morgan fingerprint density at radius 2 is 1.58 bits per heavy atom. The van der Waals surface area contributed by atoms with Gasteiger partial charge in [-0.3, -0.25) is 13.7 Å². The molecule has 0 saturated carbocycles. The Hall–Kier alpha value is -3.21. The van der Waals surface area contributed by atoms with Gasteiger partial charge in [-0.2, -0.15) is 0 Å². The van der Waals surface area contributed by atoms with E-state index >= 15 is 0 Å². The molecule has 1 amide bonds. The van der Waals surface area contributed by atoms with Crippen molar-refractivity contribution in [3.05, 3.63) is 82.8 Å². The summed E-state index contributed by atoms with van der Waals surface area (Å²) in [6, 6.07) is 20.9. The molecule has 3 rings (SSSR count). The summed E-state index contributed by atoms with van der Waals surface area (Å²) >= 11 is 0.875. The Kier molecular flexibility index (Phi) is 11.3. The number of ether oxygens (including phenoxy) is 1. The fourth-order valence-electron chi connectivity index (χ4n) is 3.99. The summed E-state index contributed by atoms with van der Waals surface area (Å²) in [6.07, 6.45) is 2.11. The van der Waals surface area contributed by atoms with Gasteiger partial charge in [0.05, 0.1) is 12.8 Å². The predicted octanol–water partition coefficient (Wildman–Crippen LogP) is 5.44. The Bertz CT molecular complexity index is 1220. The van der Waals surface area contributed by atoms with Gasteiger partial charge in [0.25, 0.3) is 11.3 Å². The van der Waals surface area contributed by atoms with E-state index in [0.717, 1.165) is 31.2 Å². The molecule has 0 aliphatic heterocycles. The highest BCUT2D eigenvalue weighted by molar-refractivity contribution is 9.10. The summed E-state index contributed by atoms with van der Waals surface area (Å²) in [6.45, 7) is 0.401. The first-order chi connectivity index (χ1) is 18.3. The van der Waals surface area contributed by atoms with Gasteiger partial charge >= 0.3 is 5.97 Å². The number of carbonyl (C=O) groups excluding carboxylic acids is 1. The van der Waals surface area contributed by atoms with Crippen LogP contribution in [0, 0.1) is 0 Å². The number of carboxylic acid groups (broad SMARTS) is 1. The number of carbonyl (C=O) groups is 2. The molecular formula is C28H31BrN2O6S. The molecule has 3 aromatic rings. The van der Waals surface area contributed by atoms with Gasteiger partial charge in [-0.15, -0.1) is 0 Å². The number of hydrogen-bond donors (Lipinski definition) is 3. The number of benzene rings is 3. The standard InChI is InChI=1S/C28H31BrN2O6S/c1-37-25-16-5-20(6-17-25)7-18-27(32)30-19-3-2-4-26(28(33)34)31(38(35)36)24-14-10-22(11-15-24)21-8-12-23(29)13-9-21/h5-6,8-17,26H,2-4,7,18-19H2,1H3,(H,30,32)(H,33,34)(H,35,36). The summed E-state index contributed by atoms with van der Waals surface area (Å²) in [4.78, 5) is 24.2. The lowest BCUT2D eigenvalue weighted by Crippen LogP contribution is -2.42. The highest BCUT2D eigenvalue weighted by Gasteiger charge is 2.29. The van der Waals surface area contributed by atoms with Crippen LogP contribution in [-0.4, -0.2) is 45.4 Å². The van der Waals surface area contributed by atoms with Crippen LogP contribution in [0.2, 0.25) is 0 Å². The van der Waals surface area contributed by atoms with Crippen molar-refractivity contribution < 1.29 is 28.2 Å². The molecule has 0 bridgehead atoms. The summed E-state index contributed by atoms with van der Waals surface area (Å²) in [5, 5.41) is 12.6. The number of hydrogen-bond acceptors (Lipinski definition) is 4. The molecule has 0 spiro atoms. The topological polar surface area (TPSA) is 116 Å². The van der Waals surface area contributed by atoms with Gasteiger partial charge in [0.1, 0.15) is 11.8 Å². The number of aryl methyl sites for hydroxylation is 1. The summed E-state index contributed by atoms with van der Waals surface area (Å²) in [7, 11) is 1.60. The summed E-state index contributed by atoms with van der Waals surface area (Å²) in [5.74, 6) is -0.508. The molecule has 2 unspecified atom stereocenters. The van der Waals surface area contributed by atoms with E-state index in [2.05, 4.69) is 21.2 Å². The van der Waals surface area contributed by atoms with Crippen LogP contribution >= 0.6 is 15.9 Å². The molecule has 0 heterocycles. The average molecular weight is 604 g/mol. The number of nitrogens with one attached hydrogen (secondary N) is 1. The maximum Gasteiger partial charge on any atom is 0.327 e. The monoisotopic (exact) mass is 602 g/mol. The van der Waals surface area contributed by atoms with Crippen molar-refractivity contribution in [2.24, 2.45) is 0 Å². The second-order valence-corrected chi connectivity index (χ2v) is 10.4. The minimum atomic E-state index is -2.53. The quantitative estimate of drug-likeness (QED) is 0.167. The van der Waals surface area contributed by atoms with Gasteiger partial charge in [-0.05, 0) is 78.8 Å². The van der Waals surface area contributed by atoms with E-state index in [4.69, 9.17) is 4.74 Å². The van der Waals surface area contributed by atoms with Gasteiger partial charge in [0.2, 0.25) is 5.91 Å². The largest absolute Gasteiger partial charge is 0.497 e. The van der Waals surface area contributed by atoms with Crippen LogP contribution < -0.4 is 14.4 Å². The minimum absolute atomic E-state index is 0.0837. The zero-order valence-corrected chi connectivity index (χ0v) is 23.4. The molecule has 0 aliphatic carbocycles. The molecule has 202 valence electrons. The van der Waals surface area contributed by atoms with E-state index in [1.165, 1.54) is 0 Å². The van der Waals surface area contributed by atoms with Crippen LogP contribution in [0.3, 0.4) is 0 Å². The molecule has 3 N–H and O–H groups in total. The lowest BCUT2D eigenvalue weighted by Gasteiger charge is -2.27. The first kappa shape index (κ1) is 29.3. The fourth-order valence-corrected chi connectivity index (χ4v) is 4.97. The zero-order valence-electron chi connectivity index (χ0n) is 21.0. The van der Waals surface area contributed by atoms with Crippen molar-refractivity contribution in [3.8, 4) is 16.9 Å². The maximum atomic E-state index is 12.2. The van der Waals surface area contributed by atoms with Crippen LogP contribution in [0.25, 0.3) is 11.1 Å². The summed E-state index contributed by atoms with van der Waals surface area (Å²) in [5.41, 5.74) is 3.25. The second-order valence-electron chi connectivity index (χ2n) is 8.66. The molecule has 0 radical (unpaired) electrons. The van der Waals surface area contributed by atoms with E-state index in [9.17, 15) is 23.5 Å². The molecule has 2 atom stereocenters. The lowest BCUT2D eigenvalue weighted by molar-refractivity contribution is -0.138. The molecule has 10 heteroatoms. The molecule has 0 aliphatic rings. The van der Waals surface area contributed by atoms with Crippen molar-refractivity contribution >= 4 is 44.8 Å². The third-order valence-corrected chi connectivity index (χ3v) is 7.39. The number of anilines is 1. The van der Waals surface area contributed by atoms with Gasteiger partial charge < -0.3 is 15.2 Å². The highest BCUT2D eigenvalue weighted by atomic mass is 79.9. The molecule has 0 saturated heterocycles. The number of amides is 1. The van der Waals surface area contributed by atoms with Gasteiger partial charge in [-0.25, -0.2) is 9.00 Å². The van der Waals surface area contributed by atoms with Crippen molar-refractivity contribution in [1.82, 2.24) is 5.32 Å². The fraction of sp³-hybridized carbons (Fsp3) is 0.286. The van der Waals surface area contributed by atoms with E-state index in [1.54, 1.807) is 31.4 Å². The van der Waals surface area contributed by atoms with Gasteiger partial charge in [-0.1, -0.05) is 52.3 Å². The normalized spacial score (nSPS) is 12.4. The third kappa shape index (κ3) is 8.68. The minimum Gasteiger partial charge on any atom is -0.497 e. The van der Waals surface area contributed by atoms with E-state index in [0.29, 0.717) is 37.9 Å². The number of methoxy groups -OCH3 is 1. The van der Waals surface area contributed by atoms with E-state index in [-0.39, 0.29) is 12.3 Å². The SMILES string of the molecule is COc1ccc(CCC(=O)NCCCCC(C(=O)O)N(c2ccc(-c3ccc(Br)cc3)cc2)S(=O)O)cc1. The lowest BCUT2D eigenvalue weighted by atomic mass is 10.0. The van der Waals surface area contributed by atoms with Crippen LogP contribution in [0.1, 0.15) is 31.2 Å². The Balaban J connectivity index is 1.50. The second kappa shape index (κ2) is 14.7. The molecular weight excluding hydrogens is 572 g/mol. The molecule has 0 fully saturated rings. The number of nitrogens with zero attached hydrogens (tertiary/aromatic N) is 1. The van der Waals surface area contributed by atoms with Crippen LogP contribution in [0.4, 0.5) is 5.69 Å².